The molecule has 0 saturated carbocycles. The first-order chi connectivity index (χ1) is 10.5. The van der Waals surface area contributed by atoms with Gasteiger partial charge in [-0.05, 0) is 31.0 Å². The molecule has 2 N–H and O–H groups in total. The van der Waals surface area contributed by atoms with Crippen LogP contribution in [0.5, 0.6) is 0 Å². The van der Waals surface area contributed by atoms with Gasteiger partial charge in [-0.25, -0.2) is 0 Å². The van der Waals surface area contributed by atoms with Crippen LogP contribution in [0.1, 0.15) is 18.9 Å². The van der Waals surface area contributed by atoms with Crippen LogP contribution in [-0.2, 0) is 4.79 Å². The molecular formula is C13H14N4O4S. The molecule has 9 heteroatoms. The van der Waals surface area contributed by atoms with Crippen molar-refractivity contribution >= 4 is 34.2 Å². The highest BCUT2D eigenvalue weighted by Crippen LogP contribution is 2.22. The molecule has 1 aliphatic heterocycles. The molecule has 0 spiro atoms. The normalized spacial score (nSPS) is 20.3. The number of rotatable bonds is 5. The van der Waals surface area contributed by atoms with Gasteiger partial charge in [0.2, 0.25) is 5.91 Å². The first kappa shape index (κ1) is 16.1. The van der Waals surface area contributed by atoms with Gasteiger partial charge in [0.15, 0.2) is 5.17 Å². The number of non-ortho nitro benzene ring substituents is 1. The molecule has 1 unspecified atom stereocenters. The van der Waals surface area contributed by atoms with E-state index in [0.717, 1.165) is 0 Å². The van der Waals surface area contributed by atoms with Crippen LogP contribution in [-0.4, -0.2) is 38.7 Å². The van der Waals surface area contributed by atoms with Crippen molar-refractivity contribution in [3.05, 3.63) is 39.9 Å². The molecule has 1 amide bonds. The number of hydrogen-bond donors (Lipinski definition) is 2. The van der Waals surface area contributed by atoms with Crippen LogP contribution >= 0.6 is 11.8 Å². The fraction of sp³-hybridized carbons (Fsp3) is 0.308. The van der Waals surface area contributed by atoms with Gasteiger partial charge in [0.25, 0.3) is 5.69 Å². The van der Waals surface area contributed by atoms with E-state index in [0.29, 0.717) is 22.9 Å². The van der Waals surface area contributed by atoms with Gasteiger partial charge >= 0.3 is 0 Å². The second-order valence-electron chi connectivity index (χ2n) is 4.50. The van der Waals surface area contributed by atoms with Crippen molar-refractivity contribution in [2.75, 3.05) is 6.61 Å². The van der Waals surface area contributed by atoms with E-state index in [4.69, 9.17) is 5.11 Å². The minimum atomic E-state index is -0.470. The number of thioether (sulfide) groups is 1. The number of hydrogen-bond acceptors (Lipinski definition) is 7. The second kappa shape index (κ2) is 7.14. The summed E-state index contributed by atoms with van der Waals surface area (Å²) in [4.78, 5) is 21.7. The van der Waals surface area contributed by atoms with Crippen molar-refractivity contribution in [3.63, 3.8) is 0 Å². The Labute approximate surface area is 130 Å². The maximum atomic E-state index is 11.6. The average molecular weight is 322 g/mol. The van der Waals surface area contributed by atoms with E-state index in [1.807, 2.05) is 0 Å². The van der Waals surface area contributed by atoms with Gasteiger partial charge in [0.05, 0.1) is 15.9 Å². The van der Waals surface area contributed by atoms with Crippen molar-refractivity contribution in [1.82, 2.24) is 5.32 Å². The van der Waals surface area contributed by atoms with Gasteiger partial charge in [-0.2, -0.15) is 5.10 Å². The fourth-order valence-electron chi connectivity index (χ4n) is 1.76. The Kier molecular flexibility index (Phi) is 5.23. The SMILES string of the molecule is C/C(=N\N=C1/NC(=O)C(CCO)S1)c1ccc([N+](=O)[O-])cc1. The number of aliphatic hydroxyl groups excluding tert-OH is 1. The van der Waals surface area contributed by atoms with Gasteiger partial charge in [0.1, 0.15) is 0 Å². The maximum absolute atomic E-state index is 11.6. The van der Waals surface area contributed by atoms with Crippen LogP contribution in [0.3, 0.4) is 0 Å². The summed E-state index contributed by atoms with van der Waals surface area (Å²) in [5.41, 5.74) is 1.28. The van der Waals surface area contributed by atoms with Crippen LogP contribution < -0.4 is 5.32 Å². The largest absolute Gasteiger partial charge is 0.396 e. The molecule has 116 valence electrons. The lowest BCUT2D eigenvalue weighted by atomic mass is 10.1. The molecule has 22 heavy (non-hydrogen) atoms. The molecule has 1 heterocycles. The zero-order valence-corrected chi connectivity index (χ0v) is 12.5. The van der Waals surface area contributed by atoms with Crippen LogP contribution in [0.25, 0.3) is 0 Å². The zero-order valence-electron chi connectivity index (χ0n) is 11.7. The van der Waals surface area contributed by atoms with E-state index in [9.17, 15) is 14.9 Å². The minimum absolute atomic E-state index is 0.00770. The number of nitro benzene ring substituents is 1. The predicted octanol–water partition coefficient (Wildman–Crippen LogP) is 1.29. The van der Waals surface area contributed by atoms with Crippen molar-refractivity contribution in [2.24, 2.45) is 10.2 Å². The van der Waals surface area contributed by atoms with Crippen LogP contribution in [0.4, 0.5) is 5.69 Å². The average Bonchev–Trinajstić information content (AvgIpc) is 2.85. The van der Waals surface area contributed by atoms with E-state index in [1.54, 1.807) is 19.1 Å². The van der Waals surface area contributed by atoms with Crippen molar-refractivity contribution in [1.29, 1.82) is 0 Å². The van der Waals surface area contributed by atoms with E-state index < -0.39 is 4.92 Å². The first-order valence-corrected chi connectivity index (χ1v) is 7.34. The molecule has 1 fully saturated rings. The van der Waals surface area contributed by atoms with E-state index in [2.05, 4.69) is 15.5 Å². The molecule has 0 aliphatic carbocycles. The number of aliphatic hydroxyl groups is 1. The molecule has 1 saturated heterocycles. The van der Waals surface area contributed by atoms with E-state index >= 15 is 0 Å². The minimum Gasteiger partial charge on any atom is -0.396 e. The smallest absolute Gasteiger partial charge is 0.269 e. The van der Waals surface area contributed by atoms with E-state index in [-0.39, 0.29) is 23.5 Å². The van der Waals surface area contributed by atoms with Crippen LogP contribution in [0.15, 0.2) is 34.5 Å². The number of carbonyl (C=O) groups is 1. The summed E-state index contributed by atoms with van der Waals surface area (Å²) in [6.45, 7) is 1.65. The number of benzene rings is 1. The maximum Gasteiger partial charge on any atom is 0.269 e. The second-order valence-corrected chi connectivity index (χ2v) is 5.69. The van der Waals surface area contributed by atoms with E-state index in [1.165, 1.54) is 23.9 Å². The number of nitrogens with one attached hydrogen (secondary N) is 1. The van der Waals surface area contributed by atoms with Gasteiger partial charge in [-0.3, -0.25) is 14.9 Å². The Morgan fingerprint density at radius 1 is 1.45 bits per heavy atom. The lowest BCUT2D eigenvalue weighted by Crippen LogP contribution is -2.25. The highest BCUT2D eigenvalue weighted by atomic mass is 32.2. The molecular weight excluding hydrogens is 308 g/mol. The Balaban J connectivity index is 2.08. The fourth-order valence-corrected chi connectivity index (χ4v) is 2.67. The number of amides is 1. The summed E-state index contributed by atoms with van der Waals surface area (Å²) in [5, 5.41) is 30.0. The Morgan fingerprint density at radius 2 is 2.14 bits per heavy atom. The lowest BCUT2D eigenvalue weighted by Gasteiger charge is -1.99. The van der Waals surface area contributed by atoms with Gasteiger partial charge in [-0.15, -0.1) is 5.10 Å². The van der Waals surface area contributed by atoms with Crippen LogP contribution in [0, 0.1) is 10.1 Å². The van der Waals surface area contributed by atoms with Crippen molar-refractivity contribution in [2.45, 2.75) is 18.6 Å². The molecule has 0 radical (unpaired) electrons. The highest BCUT2D eigenvalue weighted by molar-refractivity contribution is 8.15. The summed E-state index contributed by atoms with van der Waals surface area (Å²) < 4.78 is 0. The monoisotopic (exact) mass is 322 g/mol. The summed E-state index contributed by atoms with van der Waals surface area (Å²) >= 11 is 1.22. The number of carbonyl (C=O) groups excluding carboxylic acids is 1. The molecule has 0 aromatic heterocycles. The third-order valence-electron chi connectivity index (χ3n) is 2.95. The summed E-state index contributed by atoms with van der Waals surface area (Å²) in [5.74, 6) is -0.194. The van der Waals surface area contributed by atoms with Gasteiger partial charge < -0.3 is 10.4 Å². The third kappa shape index (κ3) is 3.89. The summed E-state index contributed by atoms with van der Waals surface area (Å²) in [7, 11) is 0. The molecule has 2 rings (SSSR count). The predicted molar refractivity (Wildman–Crippen MR) is 84.0 cm³/mol. The lowest BCUT2D eigenvalue weighted by molar-refractivity contribution is -0.384. The summed E-state index contributed by atoms with van der Waals surface area (Å²) in [6, 6.07) is 5.97. The van der Waals surface area contributed by atoms with Crippen molar-refractivity contribution < 1.29 is 14.8 Å². The quantitative estimate of drug-likeness (QED) is 0.481. The molecule has 1 aliphatic rings. The topological polar surface area (TPSA) is 117 Å². The zero-order chi connectivity index (χ0) is 16.1. The molecule has 0 bridgehead atoms. The first-order valence-electron chi connectivity index (χ1n) is 6.46. The van der Waals surface area contributed by atoms with Crippen molar-refractivity contribution in [3.8, 4) is 0 Å². The molecule has 1 aromatic carbocycles. The van der Waals surface area contributed by atoms with Gasteiger partial charge in [-0.1, -0.05) is 11.8 Å². The van der Waals surface area contributed by atoms with Crippen LogP contribution in [0.2, 0.25) is 0 Å². The Hall–Kier alpha value is -2.26. The standard InChI is InChI=1S/C13H14N4O4S/c1-8(9-2-4-10(5-3-9)17(20)21)15-16-13-14-12(19)11(22-13)6-7-18/h2-5,11,18H,6-7H2,1H3,(H,14,16,19)/b15-8+. The third-order valence-corrected chi connectivity index (χ3v) is 4.10. The Morgan fingerprint density at radius 3 is 2.73 bits per heavy atom. The number of nitro groups is 1. The summed E-state index contributed by atoms with van der Waals surface area (Å²) in [6.07, 6.45) is 0.362. The highest BCUT2D eigenvalue weighted by Gasteiger charge is 2.29. The molecule has 1 atom stereocenters. The number of nitrogens with zero attached hydrogens (tertiary/aromatic N) is 3. The Bertz CT molecular complexity index is 642. The molecule has 8 nitrogen and oxygen atoms in total. The van der Waals surface area contributed by atoms with Gasteiger partial charge in [0, 0.05) is 18.7 Å². The molecule has 1 aromatic rings. The number of amidine groups is 1.